The minimum atomic E-state index is -1.21. The normalized spacial score (nSPS) is 13.8. The lowest BCUT2D eigenvalue weighted by Crippen LogP contribution is -2.58. The van der Waals surface area contributed by atoms with E-state index in [1.165, 1.54) is 24.3 Å². The molecule has 0 spiro atoms. The van der Waals surface area contributed by atoms with E-state index in [4.69, 9.17) is 4.74 Å². The average Bonchev–Trinajstić information content (AvgIpc) is 2.95. The number of hydrogen-bond donors (Lipinski definition) is 4. The number of nitrogens with one attached hydrogen (secondary N) is 4. The number of Topliss-reactive ketones (excluding diaryl/α,β-unsaturated/α-hetero) is 1. The third-order valence-electron chi connectivity index (χ3n) is 6.63. The Morgan fingerprint density at radius 1 is 0.767 bits per heavy atom. The highest BCUT2D eigenvalue weighted by atomic mass is 19.1. The number of rotatable bonds is 15. The highest BCUT2D eigenvalue weighted by Crippen LogP contribution is 2.13. The summed E-state index contributed by atoms with van der Waals surface area (Å²) in [5.41, 5.74) is 1.36. The number of halogens is 1. The molecule has 11 heteroatoms. The molecule has 0 aromatic heterocycles. The summed E-state index contributed by atoms with van der Waals surface area (Å²) in [6, 6.07) is 10.7. The Bertz CT molecular complexity index is 1240. The minimum Gasteiger partial charge on any atom is -0.447 e. The van der Waals surface area contributed by atoms with Crippen molar-refractivity contribution in [3.05, 3.63) is 71.5 Å². The number of carbonyl (C=O) groups is 5. The Morgan fingerprint density at radius 2 is 1.37 bits per heavy atom. The van der Waals surface area contributed by atoms with Gasteiger partial charge in [-0.3, -0.25) is 19.2 Å². The molecule has 0 aliphatic carbocycles. The van der Waals surface area contributed by atoms with Crippen molar-refractivity contribution in [3.63, 3.8) is 0 Å². The Kier molecular flexibility index (Phi) is 13.8. The second-order valence-corrected chi connectivity index (χ2v) is 11.0. The molecule has 0 aliphatic rings. The third-order valence-corrected chi connectivity index (χ3v) is 6.63. The van der Waals surface area contributed by atoms with E-state index in [9.17, 15) is 28.4 Å². The summed E-state index contributed by atoms with van der Waals surface area (Å²) in [7, 11) is 0. The zero-order valence-electron chi connectivity index (χ0n) is 25.6. The van der Waals surface area contributed by atoms with Crippen LogP contribution >= 0.6 is 0 Å². The molecule has 0 aliphatic heterocycles. The van der Waals surface area contributed by atoms with Crippen molar-refractivity contribution >= 4 is 29.6 Å². The maximum Gasteiger partial charge on any atom is 0.408 e. The van der Waals surface area contributed by atoms with Gasteiger partial charge in [0.25, 0.3) is 5.91 Å². The fourth-order valence-corrected chi connectivity index (χ4v) is 4.32. The summed E-state index contributed by atoms with van der Waals surface area (Å²) in [6.07, 6.45) is -0.554. The molecule has 0 fully saturated rings. The first-order chi connectivity index (χ1) is 20.3. The van der Waals surface area contributed by atoms with E-state index in [-0.39, 0.29) is 18.8 Å². The van der Waals surface area contributed by atoms with E-state index >= 15 is 0 Å². The number of ketones is 1. The second kappa shape index (κ2) is 17.0. The van der Waals surface area contributed by atoms with Crippen LogP contribution in [0.25, 0.3) is 0 Å². The average molecular weight is 599 g/mol. The predicted octanol–water partition coefficient (Wildman–Crippen LogP) is 3.74. The van der Waals surface area contributed by atoms with Gasteiger partial charge < -0.3 is 26.0 Å². The van der Waals surface area contributed by atoms with Crippen molar-refractivity contribution in [2.24, 2.45) is 5.92 Å². The van der Waals surface area contributed by atoms with E-state index in [1.54, 1.807) is 34.6 Å². The van der Waals surface area contributed by atoms with Gasteiger partial charge in [-0.1, -0.05) is 69.7 Å². The molecule has 1 unspecified atom stereocenters. The molecule has 0 bridgehead atoms. The van der Waals surface area contributed by atoms with Crippen molar-refractivity contribution in [2.75, 3.05) is 0 Å². The highest BCUT2D eigenvalue weighted by molar-refractivity contribution is 6.38. The molecule has 43 heavy (non-hydrogen) atoms. The molecule has 4 amide bonds. The van der Waals surface area contributed by atoms with Gasteiger partial charge >= 0.3 is 6.09 Å². The number of benzene rings is 2. The van der Waals surface area contributed by atoms with Crippen LogP contribution in [-0.2, 0) is 30.3 Å². The van der Waals surface area contributed by atoms with Gasteiger partial charge in [-0.05, 0) is 56.4 Å². The van der Waals surface area contributed by atoms with Gasteiger partial charge in [-0.25, -0.2) is 9.18 Å². The second-order valence-electron chi connectivity index (χ2n) is 11.0. The molecule has 0 saturated carbocycles. The largest absolute Gasteiger partial charge is 0.447 e. The van der Waals surface area contributed by atoms with Gasteiger partial charge in [0, 0.05) is 6.42 Å². The van der Waals surface area contributed by atoms with Gasteiger partial charge in [0.1, 0.15) is 17.9 Å². The lowest BCUT2D eigenvalue weighted by molar-refractivity contribution is -0.141. The molecule has 4 atom stereocenters. The van der Waals surface area contributed by atoms with E-state index < -0.39 is 65.7 Å². The van der Waals surface area contributed by atoms with Crippen LogP contribution in [0.2, 0.25) is 0 Å². The summed E-state index contributed by atoms with van der Waals surface area (Å²) >= 11 is 0. The van der Waals surface area contributed by atoms with Crippen LogP contribution in [0.15, 0.2) is 54.6 Å². The first-order valence-electron chi connectivity index (χ1n) is 14.5. The van der Waals surface area contributed by atoms with Crippen LogP contribution in [0.3, 0.4) is 0 Å². The van der Waals surface area contributed by atoms with Gasteiger partial charge in [0.05, 0.1) is 18.2 Å². The molecule has 234 valence electrons. The van der Waals surface area contributed by atoms with Gasteiger partial charge in [-0.15, -0.1) is 0 Å². The van der Waals surface area contributed by atoms with E-state index in [0.29, 0.717) is 12.0 Å². The van der Waals surface area contributed by atoms with Crippen LogP contribution in [-0.4, -0.2) is 53.8 Å². The molecule has 2 aromatic carbocycles. The van der Waals surface area contributed by atoms with Crippen LogP contribution in [0.4, 0.5) is 9.18 Å². The van der Waals surface area contributed by atoms with Crippen LogP contribution < -0.4 is 21.3 Å². The van der Waals surface area contributed by atoms with Crippen molar-refractivity contribution in [3.8, 4) is 0 Å². The van der Waals surface area contributed by atoms with Gasteiger partial charge in [0.15, 0.2) is 0 Å². The van der Waals surface area contributed by atoms with Gasteiger partial charge in [-0.2, -0.15) is 0 Å². The van der Waals surface area contributed by atoms with Crippen molar-refractivity contribution in [1.82, 2.24) is 21.3 Å². The molecular weight excluding hydrogens is 555 g/mol. The number of alkyl carbamates (subject to hydrolysis) is 1. The topological polar surface area (TPSA) is 143 Å². The summed E-state index contributed by atoms with van der Waals surface area (Å²) in [5.74, 6) is -3.85. The Balaban J connectivity index is 2.24. The van der Waals surface area contributed by atoms with E-state index in [2.05, 4.69) is 21.3 Å². The fourth-order valence-electron chi connectivity index (χ4n) is 4.32. The first-order valence-corrected chi connectivity index (χ1v) is 14.5. The summed E-state index contributed by atoms with van der Waals surface area (Å²) in [4.78, 5) is 65.2. The molecule has 2 aromatic rings. The number of carbonyl (C=O) groups excluding carboxylic acids is 5. The Hall–Kier alpha value is -4.28. The molecule has 0 heterocycles. The summed E-state index contributed by atoms with van der Waals surface area (Å²) < 4.78 is 18.6. The SMILES string of the molecule is CCCC(NC(=O)[C@H](Cc1ccc(F)cc1)NC(=O)[C@@H](NC(=O)OC(C)C)C(C)C)C(=O)C(=O)N[C@@H](C)c1ccccc1. The minimum absolute atomic E-state index is 0.0383. The van der Waals surface area contributed by atoms with Gasteiger partial charge in [0.2, 0.25) is 17.6 Å². The Labute approximate surface area is 252 Å². The zero-order chi connectivity index (χ0) is 32.1. The summed E-state index contributed by atoms with van der Waals surface area (Å²) in [5, 5.41) is 10.5. The predicted molar refractivity (Wildman–Crippen MR) is 160 cm³/mol. The van der Waals surface area contributed by atoms with Crippen molar-refractivity contribution < 1.29 is 33.1 Å². The lowest BCUT2D eigenvalue weighted by Gasteiger charge is -2.27. The number of ether oxygens (including phenoxy) is 1. The van der Waals surface area contributed by atoms with Crippen LogP contribution in [0.1, 0.15) is 71.6 Å². The standard InChI is InChI=1S/C32H43FN4O6/c1-7-11-25(28(38)31(41)34-21(6)23-12-9-8-10-13-23)35-29(39)26(18-22-14-16-24(33)17-15-22)36-30(40)27(19(2)3)37-32(42)43-20(4)5/h8-10,12-17,19-21,25-27H,7,11,18H2,1-6H3,(H,34,41)(H,35,39)(H,36,40)(H,37,42)/t21-,25?,26-,27-/m0/s1. The lowest BCUT2D eigenvalue weighted by atomic mass is 10.00. The molecular formula is C32H43FN4O6. The number of amides is 4. The van der Waals surface area contributed by atoms with E-state index in [1.807, 2.05) is 37.3 Å². The fraction of sp³-hybridized carbons (Fsp3) is 0.469. The number of hydrogen-bond acceptors (Lipinski definition) is 6. The van der Waals surface area contributed by atoms with Crippen molar-refractivity contribution in [2.45, 2.75) is 91.1 Å². The molecule has 4 N–H and O–H groups in total. The monoisotopic (exact) mass is 598 g/mol. The maximum atomic E-state index is 13.6. The van der Waals surface area contributed by atoms with Crippen molar-refractivity contribution in [1.29, 1.82) is 0 Å². The third kappa shape index (κ3) is 11.5. The molecule has 0 radical (unpaired) electrons. The maximum absolute atomic E-state index is 13.6. The quantitative estimate of drug-likeness (QED) is 0.230. The molecule has 0 saturated heterocycles. The zero-order valence-corrected chi connectivity index (χ0v) is 25.6. The smallest absolute Gasteiger partial charge is 0.408 e. The highest BCUT2D eigenvalue weighted by Gasteiger charge is 2.33. The Morgan fingerprint density at radius 3 is 1.93 bits per heavy atom. The molecule has 2 rings (SSSR count). The first kappa shape index (κ1) is 34.9. The van der Waals surface area contributed by atoms with E-state index in [0.717, 1.165) is 5.56 Å². The molecule has 10 nitrogen and oxygen atoms in total. The summed E-state index contributed by atoms with van der Waals surface area (Å²) in [6.45, 7) is 10.3. The van der Waals surface area contributed by atoms with Crippen LogP contribution in [0.5, 0.6) is 0 Å². The van der Waals surface area contributed by atoms with Crippen LogP contribution in [0, 0.1) is 11.7 Å².